The summed E-state index contributed by atoms with van der Waals surface area (Å²) >= 11 is 2.90. The molecule has 0 spiro atoms. The van der Waals surface area contributed by atoms with Crippen molar-refractivity contribution in [1.29, 1.82) is 0 Å². The molecule has 3 heterocycles. The van der Waals surface area contributed by atoms with Gasteiger partial charge in [-0.25, -0.2) is 4.98 Å². The molecule has 0 aromatic carbocycles. The molecule has 3 rings (SSSR count). The molecule has 0 unspecified atom stereocenters. The zero-order chi connectivity index (χ0) is 14.5. The summed E-state index contributed by atoms with van der Waals surface area (Å²) < 4.78 is 0.835. The molecule has 9 heteroatoms. The van der Waals surface area contributed by atoms with E-state index >= 15 is 0 Å². The van der Waals surface area contributed by atoms with Crippen molar-refractivity contribution >= 4 is 34.8 Å². The van der Waals surface area contributed by atoms with Crippen LogP contribution in [0.5, 0.6) is 0 Å². The molecule has 1 aliphatic heterocycles. The summed E-state index contributed by atoms with van der Waals surface area (Å²) in [6, 6.07) is 0. The summed E-state index contributed by atoms with van der Waals surface area (Å²) in [7, 11) is 0. The lowest BCUT2D eigenvalue weighted by molar-refractivity contribution is -0.128. The SMILES string of the molecule is O=C(CSc1nncs1)N1CCN(c2cnccn2)CC1. The van der Waals surface area contributed by atoms with Crippen molar-refractivity contribution in [2.45, 2.75) is 4.34 Å². The molecule has 2 aromatic rings. The predicted octanol–water partition coefficient (Wildman–Crippen LogP) is 0.769. The molecule has 1 amide bonds. The number of hydrogen-bond donors (Lipinski definition) is 0. The molecule has 0 radical (unpaired) electrons. The number of anilines is 1. The van der Waals surface area contributed by atoms with E-state index in [1.54, 1.807) is 24.1 Å². The van der Waals surface area contributed by atoms with Gasteiger partial charge >= 0.3 is 0 Å². The molecule has 0 saturated carbocycles. The van der Waals surface area contributed by atoms with Crippen LogP contribution in [0.15, 0.2) is 28.4 Å². The Bertz CT molecular complexity index is 571. The first-order valence-corrected chi connectivity index (χ1v) is 8.37. The monoisotopic (exact) mass is 322 g/mol. The van der Waals surface area contributed by atoms with Gasteiger partial charge in [0.15, 0.2) is 4.34 Å². The molecular formula is C12H14N6OS2. The van der Waals surface area contributed by atoms with Crippen molar-refractivity contribution in [2.75, 3.05) is 36.8 Å². The van der Waals surface area contributed by atoms with E-state index in [9.17, 15) is 4.79 Å². The van der Waals surface area contributed by atoms with Gasteiger partial charge in [0.1, 0.15) is 11.3 Å². The molecule has 1 aliphatic rings. The molecular weight excluding hydrogens is 308 g/mol. The number of piperazine rings is 1. The lowest BCUT2D eigenvalue weighted by atomic mass is 10.3. The first-order chi connectivity index (χ1) is 10.3. The number of aromatic nitrogens is 4. The fourth-order valence-corrected chi connectivity index (χ4v) is 3.47. The van der Waals surface area contributed by atoms with E-state index in [1.807, 2.05) is 4.90 Å². The normalized spacial score (nSPS) is 15.2. The average Bonchev–Trinajstić information content (AvgIpc) is 3.07. The fraction of sp³-hybridized carbons (Fsp3) is 0.417. The van der Waals surface area contributed by atoms with Gasteiger partial charge in [0.05, 0.1) is 11.9 Å². The summed E-state index contributed by atoms with van der Waals surface area (Å²) in [5.74, 6) is 1.43. The summed E-state index contributed by atoms with van der Waals surface area (Å²) in [5.41, 5.74) is 1.67. The molecule has 0 bridgehead atoms. The highest BCUT2D eigenvalue weighted by atomic mass is 32.2. The topological polar surface area (TPSA) is 75.1 Å². The predicted molar refractivity (Wildman–Crippen MR) is 81.5 cm³/mol. The number of rotatable bonds is 4. The second-order valence-electron chi connectivity index (χ2n) is 4.42. The number of thioether (sulfide) groups is 1. The first kappa shape index (κ1) is 14.2. The van der Waals surface area contributed by atoms with Crippen LogP contribution in [0.2, 0.25) is 0 Å². The maximum Gasteiger partial charge on any atom is 0.233 e. The molecule has 110 valence electrons. The van der Waals surface area contributed by atoms with Gasteiger partial charge in [-0.1, -0.05) is 23.1 Å². The maximum atomic E-state index is 12.2. The molecule has 0 N–H and O–H groups in total. The van der Waals surface area contributed by atoms with Crippen LogP contribution in [0.4, 0.5) is 5.82 Å². The van der Waals surface area contributed by atoms with Crippen molar-refractivity contribution < 1.29 is 4.79 Å². The highest BCUT2D eigenvalue weighted by molar-refractivity contribution is 8.01. The quantitative estimate of drug-likeness (QED) is 0.770. The van der Waals surface area contributed by atoms with Crippen molar-refractivity contribution in [1.82, 2.24) is 25.1 Å². The Balaban J connectivity index is 1.48. The lowest BCUT2D eigenvalue weighted by Crippen LogP contribution is -2.49. The first-order valence-electron chi connectivity index (χ1n) is 6.50. The summed E-state index contributed by atoms with van der Waals surface area (Å²) in [6.45, 7) is 3.00. The fourth-order valence-electron chi connectivity index (χ4n) is 2.08. The lowest BCUT2D eigenvalue weighted by Gasteiger charge is -2.35. The Morgan fingerprint density at radius 3 is 2.81 bits per heavy atom. The van der Waals surface area contributed by atoms with Crippen LogP contribution in [0.25, 0.3) is 0 Å². The van der Waals surface area contributed by atoms with E-state index in [4.69, 9.17) is 0 Å². The standard InChI is InChI=1S/C12H14N6OS2/c19-11(8-20-12-16-15-9-21-12)18-5-3-17(4-6-18)10-7-13-1-2-14-10/h1-2,7,9H,3-6,8H2. The highest BCUT2D eigenvalue weighted by Crippen LogP contribution is 2.20. The van der Waals surface area contributed by atoms with Crippen LogP contribution in [0, 0.1) is 0 Å². The van der Waals surface area contributed by atoms with E-state index in [1.165, 1.54) is 23.1 Å². The number of carbonyl (C=O) groups is 1. The van der Waals surface area contributed by atoms with Crippen LogP contribution in [-0.4, -0.2) is 62.9 Å². The summed E-state index contributed by atoms with van der Waals surface area (Å²) in [5, 5.41) is 7.68. The highest BCUT2D eigenvalue weighted by Gasteiger charge is 2.22. The molecule has 1 fully saturated rings. The molecule has 0 aliphatic carbocycles. The van der Waals surface area contributed by atoms with Crippen LogP contribution in [-0.2, 0) is 4.79 Å². The van der Waals surface area contributed by atoms with Gasteiger partial charge in [0, 0.05) is 38.6 Å². The summed E-state index contributed by atoms with van der Waals surface area (Å²) in [4.78, 5) is 24.5. The van der Waals surface area contributed by atoms with E-state index in [-0.39, 0.29) is 5.91 Å². The molecule has 0 atom stereocenters. The smallest absolute Gasteiger partial charge is 0.233 e. The second-order valence-corrected chi connectivity index (χ2v) is 6.48. The Hall–Kier alpha value is -1.74. The van der Waals surface area contributed by atoms with Gasteiger partial charge in [-0.2, -0.15) is 0 Å². The second kappa shape index (κ2) is 6.81. The third-order valence-corrected chi connectivity index (χ3v) is 5.01. The van der Waals surface area contributed by atoms with Crippen molar-refractivity contribution in [2.24, 2.45) is 0 Å². The minimum atomic E-state index is 0.147. The van der Waals surface area contributed by atoms with Gasteiger partial charge in [0.2, 0.25) is 5.91 Å². The van der Waals surface area contributed by atoms with E-state index in [2.05, 4.69) is 25.1 Å². The molecule has 7 nitrogen and oxygen atoms in total. The zero-order valence-electron chi connectivity index (χ0n) is 11.3. The third kappa shape index (κ3) is 3.67. The van der Waals surface area contributed by atoms with Gasteiger partial charge < -0.3 is 9.80 Å². The zero-order valence-corrected chi connectivity index (χ0v) is 12.9. The van der Waals surface area contributed by atoms with Crippen LogP contribution in [0.3, 0.4) is 0 Å². The number of amides is 1. The van der Waals surface area contributed by atoms with Gasteiger partial charge in [-0.3, -0.25) is 9.78 Å². The maximum absolute atomic E-state index is 12.2. The molecule has 1 saturated heterocycles. The third-order valence-electron chi connectivity index (χ3n) is 3.17. The van der Waals surface area contributed by atoms with E-state index in [0.717, 1.165) is 23.2 Å². The largest absolute Gasteiger partial charge is 0.352 e. The van der Waals surface area contributed by atoms with E-state index < -0.39 is 0 Å². The summed E-state index contributed by atoms with van der Waals surface area (Å²) in [6.07, 6.45) is 5.10. The Labute approximate surface area is 130 Å². The minimum absolute atomic E-state index is 0.147. The molecule has 21 heavy (non-hydrogen) atoms. The van der Waals surface area contributed by atoms with Crippen LogP contribution >= 0.6 is 23.1 Å². The Morgan fingerprint density at radius 1 is 1.29 bits per heavy atom. The molecule has 2 aromatic heterocycles. The number of nitrogens with zero attached hydrogens (tertiary/aromatic N) is 6. The van der Waals surface area contributed by atoms with E-state index in [0.29, 0.717) is 18.8 Å². The van der Waals surface area contributed by atoms with Gasteiger partial charge in [-0.15, -0.1) is 10.2 Å². The van der Waals surface area contributed by atoms with Crippen molar-refractivity contribution in [3.8, 4) is 0 Å². The van der Waals surface area contributed by atoms with Gasteiger partial charge in [-0.05, 0) is 0 Å². The number of hydrogen-bond acceptors (Lipinski definition) is 8. The van der Waals surface area contributed by atoms with Crippen molar-refractivity contribution in [3.63, 3.8) is 0 Å². The Kier molecular flexibility index (Phi) is 4.61. The Morgan fingerprint density at radius 2 is 2.14 bits per heavy atom. The minimum Gasteiger partial charge on any atom is -0.352 e. The van der Waals surface area contributed by atoms with Gasteiger partial charge in [0.25, 0.3) is 0 Å². The van der Waals surface area contributed by atoms with Crippen molar-refractivity contribution in [3.05, 3.63) is 24.1 Å². The van der Waals surface area contributed by atoms with Crippen LogP contribution < -0.4 is 4.90 Å². The average molecular weight is 322 g/mol. The van der Waals surface area contributed by atoms with Crippen LogP contribution in [0.1, 0.15) is 0 Å². The number of carbonyl (C=O) groups excluding carboxylic acids is 1.